The number of aromatic hydroxyl groups is 1. The first kappa shape index (κ1) is 31.5. The number of nitrogens with zero attached hydrogens (tertiary/aromatic N) is 1. The third-order valence-electron chi connectivity index (χ3n) is 5.17. The maximum absolute atomic E-state index is 13.2. The molecule has 0 aromatic heterocycles. The first-order valence-corrected chi connectivity index (χ1v) is 12.0. The zero-order valence-corrected chi connectivity index (χ0v) is 21.2. The molecule has 5 unspecified atom stereocenters. The van der Waals surface area contributed by atoms with E-state index < -0.39 is 54.0 Å². The summed E-state index contributed by atoms with van der Waals surface area (Å²) in [6, 6.07) is 0.755. The lowest BCUT2D eigenvalue weighted by atomic mass is 10.0. The van der Waals surface area contributed by atoms with E-state index in [0.717, 1.165) is 0 Å². The summed E-state index contributed by atoms with van der Waals surface area (Å²) in [5.74, 6) is -3.87. The van der Waals surface area contributed by atoms with Gasteiger partial charge in [-0.05, 0) is 37.5 Å². The molecule has 15 heteroatoms. The standard InChI is InChI=1S/C22H35N7O7S/c1-11(30)17(21(35)36)29-20(34)16(9-12-4-6-13(31)7-5-12)28-19(33)15(3-2-8-26-22(24)25)27-18(32)14(23)10-37/h4-7,11,14-17,30-31,37H,2-3,8-10,23H2,1H3,(H,27,32)(H,28,33)(H,29,34)(H,35,36)(H4,24,25,26). The van der Waals surface area contributed by atoms with Gasteiger partial charge in [0, 0.05) is 18.7 Å². The van der Waals surface area contributed by atoms with Crippen molar-refractivity contribution in [2.75, 3.05) is 12.3 Å². The van der Waals surface area contributed by atoms with Gasteiger partial charge in [-0.1, -0.05) is 12.1 Å². The first-order chi connectivity index (χ1) is 17.3. The van der Waals surface area contributed by atoms with Gasteiger partial charge >= 0.3 is 5.97 Å². The highest BCUT2D eigenvalue weighted by atomic mass is 32.1. The normalized spacial score (nSPS) is 14.8. The van der Waals surface area contributed by atoms with Gasteiger partial charge in [-0.15, -0.1) is 0 Å². The highest BCUT2D eigenvalue weighted by Gasteiger charge is 2.32. The van der Waals surface area contributed by atoms with Crippen LogP contribution >= 0.6 is 12.6 Å². The number of hydrogen-bond acceptors (Lipinski definition) is 9. The second-order valence-electron chi connectivity index (χ2n) is 8.30. The number of carbonyl (C=O) groups is 4. The summed E-state index contributed by atoms with van der Waals surface area (Å²) in [6.45, 7) is 1.37. The van der Waals surface area contributed by atoms with Crippen molar-refractivity contribution in [3.05, 3.63) is 29.8 Å². The summed E-state index contributed by atoms with van der Waals surface area (Å²) in [5.41, 5.74) is 16.8. The number of carboxylic acid groups (broad SMARTS) is 1. The van der Waals surface area contributed by atoms with Crippen LogP contribution in [0.2, 0.25) is 0 Å². The van der Waals surface area contributed by atoms with Gasteiger partial charge in [-0.3, -0.25) is 19.4 Å². The van der Waals surface area contributed by atoms with E-state index >= 15 is 0 Å². The number of benzene rings is 1. The van der Waals surface area contributed by atoms with Gasteiger partial charge < -0.3 is 48.5 Å². The van der Waals surface area contributed by atoms with Crippen molar-refractivity contribution in [3.63, 3.8) is 0 Å². The molecule has 1 aromatic rings. The number of phenols is 1. The number of aliphatic hydroxyl groups is 1. The summed E-state index contributed by atoms with van der Waals surface area (Å²) >= 11 is 3.98. The van der Waals surface area contributed by atoms with Crippen LogP contribution in [0.15, 0.2) is 29.3 Å². The third-order valence-corrected chi connectivity index (χ3v) is 5.56. The summed E-state index contributed by atoms with van der Waals surface area (Å²) < 4.78 is 0. The van der Waals surface area contributed by atoms with E-state index in [9.17, 15) is 34.5 Å². The van der Waals surface area contributed by atoms with Gasteiger partial charge in [0.1, 0.15) is 17.8 Å². The van der Waals surface area contributed by atoms with Crippen LogP contribution in [0.25, 0.3) is 0 Å². The average molecular weight is 542 g/mol. The lowest BCUT2D eigenvalue weighted by molar-refractivity contribution is -0.145. The molecule has 0 saturated carbocycles. The van der Waals surface area contributed by atoms with Gasteiger partial charge in [0.25, 0.3) is 0 Å². The Hall–Kier alpha value is -3.56. The summed E-state index contributed by atoms with van der Waals surface area (Å²) in [6.07, 6.45) is -1.12. The largest absolute Gasteiger partial charge is 0.508 e. The lowest BCUT2D eigenvalue weighted by Crippen LogP contribution is -2.58. The number of guanidine groups is 1. The molecule has 1 aromatic carbocycles. The number of carbonyl (C=O) groups excluding carboxylic acids is 3. The van der Waals surface area contributed by atoms with Gasteiger partial charge in [-0.25, -0.2) is 4.79 Å². The summed E-state index contributed by atoms with van der Waals surface area (Å²) in [5, 5.41) is 35.8. The molecule has 0 aliphatic carbocycles. The van der Waals surface area contributed by atoms with Crippen molar-refractivity contribution in [3.8, 4) is 5.75 Å². The zero-order chi connectivity index (χ0) is 28.1. The minimum absolute atomic E-state index is 0.0158. The minimum atomic E-state index is -1.63. The van der Waals surface area contributed by atoms with E-state index in [1.165, 1.54) is 31.2 Å². The Morgan fingerprint density at radius 3 is 2.08 bits per heavy atom. The molecule has 0 fully saturated rings. The molecule has 1 rings (SSSR count). The number of rotatable bonds is 15. The van der Waals surface area contributed by atoms with E-state index in [2.05, 4.69) is 33.6 Å². The molecular weight excluding hydrogens is 506 g/mol. The molecule has 0 bridgehead atoms. The monoisotopic (exact) mass is 541 g/mol. The Morgan fingerprint density at radius 2 is 1.57 bits per heavy atom. The molecule has 0 saturated heterocycles. The highest BCUT2D eigenvalue weighted by Crippen LogP contribution is 2.12. The number of thiol groups is 1. The van der Waals surface area contributed by atoms with E-state index in [1.54, 1.807) is 0 Å². The zero-order valence-electron chi connectivity index (χ0n) is 20.3. The topological polar surface area (TPSA) is 255 Å². The highest BCUT2D eigenvalue weighted by molar-refractivity contribution is 7.80. The van der Waals surface area contributed by atoms with Crippen LogP contribution in [0.4, 0.5) is 0 Å². The van der Waals surface area contributed by atoms with Crippen LogP contribution in [-0.2, 0) is 25.6 Å². The van der Waals surface area contributed by atoms with Crippen molar-refractivity contribution in [1.29, 1.82) is 0 Å². The Bertz CT molecular complexity index is 955. The number of hydrogen-bond donors (Lipinski definition) is 10. The Morgan fingerprint density at radius 1 is 1.00 bits per heavy atom. The van der Waals surface area contributed by atoms with Gasteiger partial charge in [-0.2, -0.15) is 12.6 Å². The summed E-state index contributed by atoms with van der Waals surface area (Å²) in [4.78, 5) is 53.8. The van der Waals surface area contributed by atoms with Crippen LogP contribution in [0.3, 0.4) is 0 Å². The van der Waals surface area contributed by atoms with Crippen molar-refractivity contribution in [2.45, 2.75) is 56.5 Å². The predicted molar refractivity (Wildman–Crippen MR) is 139 cm³/mol. The molecule has 0 aliphatic rings. The van der Waals surface area contributed by atoms with Crippen molar-refractivity contribution in [1.82, 2.24) is 16.0 Å². The van der Waals surface area contributed by atoms with E-state index in [4.69, 9.17) is 17.2 Å². The fourth-order valence-electron chi connectivity index (χ4n) is 3.13. The van der Waals surface area contributed by atoms with Gasteiger partial charge in [0.2, 0.25) is 17.7 Å². The number of carboxylic acids is 1. The second kappa shape index (κ2) is 15.5. The maximum Gasteiger partial charge on any atom is 0.328 e. The molecule has 0 radical (unpaired) electrons. The molecule has 5 atom stereocenters. The SMILES string of the molecule is CC(O)C(NC(=O)C(Cc1ccc(O)cc1)NC(=O)C(CCCN=C(N)N)NC(=O)C(N)CS)C(=O)O. The van der Waals surface area contributed by atoms with Crippen LogP contribution in [0.5, 0.6) is 5.75 Å². The molecule has 14 nitrogen and oxygen atoms in total. The van der Waals surface area contributed by atoms with Gasteiger partial charge in [0.05, 0.1) is 12.1 Å². The fraction of sp³-hybridized carbons (Fsp3) is 0.500. The van der Waals surface area contributed by atoms with Crippen LogP contribution in [-0.4, -0.2) is 87.5 Å². The Labute approximate surface area is 219 Å². The van der Waals surface area contributed by atoms with E-state index in [0.29, 0.717) is 12.0 Å². The number of aliphatic hydroxyl groups excluding tert-OH is 1. The van der Waals surface area contributed by atoms with Crippen LogP contribution in [0.1, 0.15) is 25.3 Å². The third kappa shape index (κ3) is 11.4. The molecule has 0 heterocycles. The molecule has 3 amide bonds. The summed E-state index contributed by atoms with van der Waals surface area (Å²) in [7, 11) is 0. The number of amides is 3. The number of nitrogens with two attached hydrogens (primary N) is 3. The van der Waals surface area contributed by atoms with Crippen molar-refractivity contribution in [2.24, 2.45) is 22.2 Å². The van der Waals surface area contributed by atoms with E-state index in [-0.39, 0.29) is 36.8 Å². The predicted octanol–water partition coefficient (Wildman–Crippen LogP) is -2.83. The van der Waals surface area contributed by atoms with Crippen molar-refractivity contribution < 1.29 is 34.5 Å². The van der Waals surface area contributed by atoms with Crippen LogP contribution < -0.4 is 33.2 Å². The Kier molecular flexibility index (Phi) is 13.2. The number of aliphatic imine (C=N–C) groups is 1. The molecule has 0 spiro atoms. The number of phenolic OH excluding ortho intramolecular Hbond substituents is 1. The smallest absolute Gasteiger partial charge is 0.328 e. The first-order valence-electron chi connectivity index (χ1n) is 11.4. The lowest BCUT2D eigenvalue weighted by Gasteiger charge is -2.26. The molecule has 206 valence electrons. The van der Waals surface area contributed by atoms with Crippen LogP contribution in [0, 0.1) is 0 Å². The van der Waals surface area contributed by atoms with E-state index in [1.807, 2.05) is 0 Å². The average Bonchev–Trinajstić information content (AvgIpc) is 2.83. The number of aliphatic carboxylic acids is 1. The number of nitrogens with one attached hydrogen (secondary N) is 3. The second-order valence-corrected chi connectivity index (χ2v) is 8.66. The minimum Gasteiger partial charge on any atom is -0.508 e. The fourth-order valence-corrected chi connectivity index (χ4v) is 3.29. The molecule has 0 aliphatic heterocycles. The maximum atomic E-state index is 13.2. The quantitative estimate of drug-likeness (QED) is 0.0471. The molecule has 12 N–H and O–H groups in total. The van der Waals surface area contributed by atoms with Crippen molar-refractivity contribution >= 4 is 42.3 Å². The van der Waals surface area contributed by atoms with Gasteiger partial charge in [0.15, 0.2) is 12.0 Å². The molecular formula is C22H35N7O7S. The Balaban J connectivity index is 3.16. The molecule has 37 heavy (non-hydrogen) atoms.